The van der Waals surface area contributed by atoms with Crippen molar-refractivity contribution in [3.05, 3.63) is 53.6 Å². The highest BCUT2D eigenvalue weighted by Crippen LogP contribution is 2.28. The lowest BCUT2D eigenvalue weighted by Gasteiger charge is -2.13. The van der Waals surface area contributed by atoms with Gasteiger partial charge in [0.1, 0.15) is 5.75 Å². The number of benzene rings is 2. The summed E-state index contributed by atoms with van der Waals surface area (Å²) in [6.07, 6.45) is 0. The standard InChI is InChI=1S/C22H28N2O5/c1-5-28-18-8-6-7-16(11-18)13-23-22(26)17-9-10-19(20(12-17)27-4)29-14-21(25)24-15(2)3/h6-12,15H,5,13-14H2,1-4H3,(H,23,26)(H,24,25). The van der Waals surface area contributed by atoms with E-state index in [4.69, 9.17) is 14.2 Å². The Hall–Kier alpha value is -3.22. The number of methoxy groups -OCH3 is 1. The van der Waals surface area contributed by atoms with Crippen LogP contribution in [0.25, 0.3) is 0 Å². The zero-order valence-corrected chi connectivity index (χ0v) is 17.3. The number of carbonyl (C=O) groups excluding carboxylic acids is 2. The van der Waals surface area contributed by atoms with E-state index in [9.17, 15) is 9.59 Å². The first-order chi connectivity index (χ1) is 13.9. The fraction of sp³-hybridized carbons (Fsp3) is 0.364. The molecule has 0 aliphatic heterocycles. The van der Waals surface area contributed by atoms with Gasteiger partial charge in [-0.25, -0.2) is 0 Å². The molecule has 0 aliphatic carbocycles. The minimum absolute atomic E-state index is 0.0355. The van der Waals surface area contributed by atoms with Gasteiger partial charge < -0.3 is 24.8 Å². The van der Waals surface area contributed by atoms with E-state index in [1.165, 1.54) is 7.11 Å². The summed E-state index contributed by atoms with van der Waals surface area (Å²) in [5, 5.41) is 5.62. The number of ether oxygens (including phenoxy) is 3. The van der Waals surface area contributed by atoms with E-state index in [0.29, 0.717) is 30.2 Å². The summed E-state index contributed by atoms with van der Waals surface area (Å²) in [5.41, 5.74) is 1.37. The molecule has 7 nitrogen and oxygen atoms in total. The second-order valence-electron chi connectivity index (χ2n) is 6.64. The molecule has 0 aliphatic rings. The monoisotopic (exact) mass is 400 g/mol. The van der Waals surface area contributed by atoms with E-state index in [1.807, 2.05) is 45.0 Å². The molecule has 2 aromatic rings. The van der Waals surface area contributed by atoms with Gasteiger partial charge in [-0.15, -0.1) is 0 Å². The fourth-order valence-electron chi connectivity index (χ4n) is 2.63. The molecule has 0 bridgehead atoms. The van der Waals surface area contributed by atoms with E-state index in [1.54, 1.807) is 18.2 Å². The van der Waals surface area contributed by atoms with Crippen LogP contribution in [-0.4, -0.2) is 38.2 Å². The lowest BCUT2D eigenvalue weighted by Crippen LogP contribution is -2.34. The van der Waals surface area contributed by atoms with E-state index < -0.39 is 0 Å². The second-order valence-corrected chi connectivity index (χ2v) is 6.64. The Morgan fingerprint density at radius 1 is 1.03 bits per heavy atom. The third-order valence-electron chi connectivity index (χ3n) is 3.90. The molecule has 156 valence electrons. The highest BCUT2D eigenvalue weighted by Gasteiger charge is 2.13. The first-order valence-electron chi connectivity index (χ1n) is 9.53. The summed E-state index contributed by atoms with van der Waals surface area (Å²) in [6, 6.07) is 12.4. The van der Waals surface area contributed by atoms with Gasteiger partial charge in [0, 0.05) is 18.2 Å². The van der Waals surface area contributed by atoms with Gasteiger partial charge in [0.2, 0.25) is 0 Å². The molecule has 0 fully saturated rings. The highest BCUT2D eigenvalue weighted by atomic mass is 16.5. The Morgan fingerprint density at radius 3 is 2.52 bits per heavy atom. The molecular weight excluding hydrogens is 372 g/mol. The van der Waals surface area contributed by atoms with Crippen LogP contribution in [0.5, 0.6) is 17.2 Å². The smallest absolute Gasteiger partial charge is 0.258 e. The molecular formula is C22H28N2O5. The summed E-state index contributed by atoms with van der Waals surface area (Å²) in [5.74, 6) is 1.08. The Bertz CT molecular complexity index is 836. The van der Waals surface area contributed by atoms with Gasteiger partial charge >= 0.3 is 0 Å². The number of nitrogens with one attached hydrogen (secondary N) is 2. The fourth-order valence-corrected chi connectivity index (χ4v) is 2.63. The zero-order valence-electron chi connectivity index (χ0n) is 17.3. The SMILES string of the molecule is CCOc1cccc(CNC(=O)c2ccc(OCC(=O)NC(C)C)c(OC)c2)c1. The van der Waals surface area contributed by atoms with Gasteiger partial charge in [0.15, 0.2) is 18.1 Å². The molecule has 29 heavy (non-hydrogen) atoms. The lowest BCUT2D eigenvalue weighted by atomic mass is 10.1. The third-order valence-corrected chi connectivity index (χ3v) is 3.90. The van der Waals surface area contributed by atoms with Crippen molar-refractivity contribution in [3.8, 4) is 17.2 Å². The van der Waals surface area contributed by atoms with Crippen molar-refractivity contribution >= 4 is 11.8 Å². The van der Waals surface area contributed by atoms with Crippen molar-refractivity contribution in [1.82, 2.24) is 10.6 Å². The molecule has 0 saturated carbocycles. The van der Waals surface area contributed by atoms with Gasteiger partial charge in [-0.05, 0) is 56.7 Å². The van der Waals surface area contributed by atoms with Crippen LogP contribution in [0.2, 0.25) is 0 Å². The summed E-state index contributed by atoms with van der Waals surface area (Å²) in [7, 11) is 1.48. The molecule has 0 spiro atoms. The molecule has 0 unspecified atom stereocenters. The third kappa shape index (κ3) is 7.03. The van der Waals surface area contributed by atoms with Crippen LogP contribution < -0.4 is 24.8 Å². The van der Waals surface area contributed by atoms with Crippen LogP contribution in [0.4, 0.5) is 0 Å². The van der Waals surface area contributed by atoms with Gasteiger partial charge in [-0.2, -0.15) is 0 Å². The Balaban J connectivity index is 1.98. The summed E-state index contributed by atoms with van der Waals surface area (Å²) >= 11 is 0. The van der Waals surface area contributed by atoms with E-state index in [-0.39, 0.29) is 24.5 Å². The predicted molar refractivity (Wildman–Crippen MR) is 111 cm³/mol. The Kier molecular flexibility index (Phi) is 8.33. The Morgan fingerprint density at radius 2 is 1.83 bits per heavy atom. The average molecular weight is 400 g/mol. The second kappa shape index (κ2) is 10.9. The summed E-state index contributed by atoms with van der Waals surface area (Å²) < 4.78 is 16.3. The maximum atomic E-state index is 12.5. The van der Waals surface area contributed by atoms with Crippen molar-refractivity contribution < 1.29 is 23.8 Å². The number of carbonyl (C=O) groups is 2. The first kappa shape index (κ1) is 22.1. The van der Waals surface area contributed by atoms with Crippen molar-refractivity contribution in [3.63, 3.8) is 0 Å². The normalized spacial score (nSPS) is 10.4. The van der Waals surface area contributed by atoms with Crippen LogP contribution in [0.3, 0.4) is 0 Å². The zero-order chi connectivity index (χ0) is 21.2. The van der Waals surface area contributed by atoms with Gasteiger partial charge in [0.05, 0.1) is 13.7 Å². The van der Waals surface area contributed by atoms with Gasteiger partial charge in [-0.3, -0.25) is 9.59 Å². The first-order valence-corrected chi connectivity index (χ1v) is 9.53. The number of hydrogen-bond acceptors (Lipinski definition) is 5. The van der Waals surface area contributed by atoms with Crippen LogP contribution in [-0.2, 0) is 11.3 Å². The Labute approximate surface area is 171 Å². The molecule has 0 heterocycles. The maximum Gasteiger partial charge on any atom is 0.258 e. The van der Waals surface area contributed by atoms with Crippen molar-refractivity contribution in [1.29, 1.82) is 0 Å². The van der Waals surface area contributed by atoms with Crippen LogP contribution in [0, 0.1) is 0 Å². The van der Waals surface area contributed by atoms with E-state index >= 15 is 0 Å². The van der Waals surface area contributed by atoms with Crippen LogP contribution in [0.1, 0.15) is 36.7 Å². The maximum absolute atomic E-state index is 12.5. The summed E-state index contributed by atoms with van der Waals surface area (Å²) in [4.78, 5) is 24.2. The predicted octanol–water partition coefficient (Wildman–Crippen LogP) is 2.93. The largest absolute Gasteiger partial charge is 0.494 e. The lowest BCUT2D eigenvalue weighted by molar-refractivity contribution is -0.123. The van der Waals surface area contributed by atoms with Crippen molar-refractivity contribution in [2.75, 3.05) is 20.3 Å². The molecule has 2 N–H and O–H groups in total. The molecule has 0 saturated heterocycles. The van der Waals surface area contributed by atoms with Crippen LogP contribution in [0.15, 0.2) is 42.5 Å². The van der Waals surface area contributed by atoms with Crippen molar-refractivity contribution in [2.24, 2.45) is 0 Å². The molecule has 2 rings (SSSR count). The molecule has 2 aromatic carbocycles. The quantitative estimate of drug-likeness (QED) is 0.640. The molecule has 0 radical (unpaired) electrons. The number of amides is 2. The topological polar surface area (TPSA) is 85.9 Å². The van der Waals surface area contributed by atoms with Crippen molar-refractivity contribution in [2.45, 2.75) is 33.4 Å². The average Bonchev–Trinajstić information content (AvgIpc) is 2.70. The summed E-state index contributed by atoms with van der Waals surface area (Å²) in [6.45, 7) is 6.50. The molecule has 2 amide bonds. The number of rotatable bonds is 10. The number of hydrogen-bond donors (Lipinski definition) is 2. The van der Waals surface area contributed by atoms with E-state index in [0.717, 1.165) is 11.3 Å². The molecule has 7 heteroatoms. The molecule has 0 aromatic heterocycles. The van der Waals surface area contributed by atoms with Gasteiger partial charge in [0.25, 0.3) is 11.8 Å². The van der Waals surface area contributed by atoms with Crippen LogP contribution >= 0.6 is 0 Å². The van der Waals surface area contributed by atoms with E-state index in [2.05, 4.69) is 10.6 Å². The minimum Gasteiger partial charge on any atom is -0.494 e. The van der Waals surface area contributed by atoms with Gasteiger partial charge in [-0.1, -0.05) is 12.1 Å². The minimum atomic E-state index is -0.241. The molecule has 0 atom stereocenters. The highest BCUT2D eigenvalue weighted by molar-refractivity contribution is 5.94.